The number of amides is 2. The van der Waals surface area contributed by atoms with Crippen molar-refractivity contribution in [1.29, 1.82) is 0 Å². The summed E-state index contributed by atoms with van der Waals surface area (Å²) >= 11 is 0. The number of rotatable bonds is 6. The topological polar surface area (TPSA) is 67.9 Å². The van der Waals surface area contributed by atoms with E-state index in [1.807, 2.05) is 49.4 Å². The molecule has 2 aromatic rings. The fourth-order valence-corrected chi connectivity index (χ4v) is 2.51. The Kier molecular flexibility index (Phi) is 5.18. The predicted octanol–water partition coefficient (Wildman–Crippen LogP) is 2.52. The van der Waals surface area contributed by atoms with Crippen molar-refractivity contribution in [2.75, 3.05) is 24.6 Å². The first kappa shape index (κ1) is 16.8. The Morgan fingerprint density at radius 3 is 2.64 bits per heavy atom. The zero-order valence-electron chi connectivity index (χ0n) is 14.0. The number of cyclic esters (lactones) is 1. The average Bonchev–Trinajstić information content (AvgIpc) is 3.00. The van der Waals surface area contributed by atoms with E-state index in [2.05, 4.69) is 5.32 Å². The lowest BCUT2D eigenvalue weighted by Crippen LogP contribution is -2.37. The first-order valence-electron chi connectivity index (χ1n) is 8.11. The molecule has 1 N–H and O–H groups in total. The van der Waals surface area contributed by atoms with E-state index in [4.69, 9.17) is 9.47 Å². The molecule has 6 heteroatoms. The Balaban J connectivity index is 1.45. The van der Waals surface area contributed by atoms with E-state index in [9.17, 15) is 9.59 Å². The van der Waals surface area contributed by atoms with Crippen LogP contribution in [0.2, 0.25) is 0 Å². The second-order valence-corrected chi connectivity index (χ2v) is 5.86. The van der Waals surface area contributed by atoms with Crippen LogP contribution < -0.4 is 15.0 Å². The van der Waals surface area contributed by atoms with Gasteiger partial charge in [0.1, 0.15) is 11.9 Å². The number of nitrogens with one attached hydrogen (secondary N) is 1. The summed E-state index contributed by atoms with van der Waals surface area (Å²) < 4.78 is 10.7. The number of para-hydroxylation sites is 1. The fourth-order valence-electron chi connectivity index (χ4n) is 2.51. The summed E-state index contributed by atoms with van der Waals surface area (Å²) in [6.45, 7) is 2.57. The van der Waals surface area contributed by atoms with Gasteiger partial charge in [-0.1, -0.05) is 35.9 Å². The highest BCUT2D eigenvalue weighted by Crippen LogP contribution is 2.21. The maximum absolute atomic E-state index is 12.0. The van der Waals surface area contributed by atoms with Crippen molar-refractivity contribution in [3.05, 3.63) is 60.2 Å². The number of hydrogen-bond donors (Lipinski definition) is 1. The first-order chi connectivity index (χ1) is 12.1. The van der Waals surface area contributed by atoms with Gasteiger partial charge < -0.3 is 14.8 Å². The lowest BCUT2D eigenvalue weighted by molar-refractivity contribution is -0.123. The highest BCUT2D eigenvalue weighted by atomic mass is 16.6. The lowest BCUT2D eigenvalue weighted by atomic mass is 10.2. The van der Waals surface area contributed by atoms with E-state index < -0.39 is 6.09 Å². The molecule has 25 heavy (non-hydrogen) atoms. The zero-order chi connectivity index (χ0) is 17.6. The molecule has 0 bridgehead atoms. The maximum atomic E-state index is 12.0. The van der Waals surface area contributed by atoms with E-state index >= 15 is 0 Å². The molecule has 0 aliphatic carbocycles. The molecule has 0 aromatic heterocycles. The summed E-state index contributed by atoms with van der Waals surface area (Å²) in [6.07, 6.45) is -0.780. The largest absolute Gasteiger partial charge is 0.484 e. The van der Waals surface area contributed by atoms with Gasteiger partial charge in [0.2, 0.25) is 0 Å². The molecule has 6 nitrogen and oxygen atoms in total. The molecule has 1 heterocycles. The standard InChI is InChI=1S/C19H20N2O4/c1-14-7-9-15(10-8-14)21-12-17(25-19(21)23)11-20-18(22)13-24-16-5-3-2-4-6-16/h2-10,17H,11-13H2,1H3,(H,20,22). The van der Waals surface area contributed by atoms with Gasteiger partial charge >= 0.3 is 6.09 Å². The molecular weight excluding hydrogens is 320 g/mol. The Bertz CT molecular complexity index is 731. The molecule has 3 rings (SSSR count). The second kappa shape index (κ2) is 7.70. The van der Waals surface area contributed by atoms with Crippen LogP contribution in [-0.2, 0) is 9.53 Å². The molecule has 1 fully saturated rings. The number of aryl methyl sites for hydroxylation is 1. The Labute approximate surface area is 146 Å². The van der Waals surface area contributed by atoms with Crippen LogP contribution in [0.1, 0.15) is 5.56 Å². The van der Waals surface area contributed by atoms with Crippen molar-refractivity contribution in [2.24, 2.45) is 0 Å². The van der Waals surface area contributed by atoms with Crippen LogP contribution in [0.5, 0.6) is 5.75 Å². The van der Waals surface area contributed by atoms with Crippen molar-refractivity contribution < 1.29 is 19.1 Å². The summed E-state index contributed by atoms with van der Waals surface area (Å²) in [6, 6.07) is 16.8. The van der Waals surface area contributed by atoms with Gasteiger partial charge in [-0.05, 0) is 31.2 Å². The molecule has 0 spiro atoms. The predicted molar refractivity (Wildman–Crippen MR) is 93.7 cm³/mol. The monoisotopic (exact) mass is 340 g/mol. The molecule has 2 amide bonds. The molecule has 2 aromatic carbocycles. The molecule has 1 aliphatic rings. The third-order valence-corrected chi connectivity index (χ3v) is 3.86. The minimum atomic E-state index is -0.399. The minimum absolute atomic E-state index is 0.0770. The number of carbonyl (C=O) groups is 2. The van der Waals surface area contributed by atoms with Crippen LogP contribution >= 0.6 is 0 Å². The third kappa shape index (κ3) is 4.50. The van der Waals surface area contributed by atoms with Crippen LogP contribution in [0.3, 0.4) is 0 Å². The SMILES string of the molecule is Cc1ccc(N2CC(CNC(=O)COc3ccccc3)OC2=O)cc1. The Morgan fingerprint density at radius 2 is 1.92 bits per heavy atom. The fraction of sp³-hybridized carbons (Fsp3) is 0.263. The van der Waals surface area contributed by atoms with Gasteiger partial charge in [0, 0.05) is 5.69 Å². The van der Waals surface area contributed by atoms with Crippen LogP contribution in [0.25, 0.3) is 0 Å². The van der Waals surface area contributed by atoms with Crippen molar-refractivity contribution >= 4 is 17.7 Å². The average molecular weight is 340 g/mol. The summed E-state index contributed by atoms with van der Waals surface area (Å²) in [5, 5.41) is 2.73. The third-order valence-electron chi connectivity index (χ3n) is 3.86. The quantitative estimate of drug-likeness (QED) is 0.877. The lowest BCUT2D eigenvalue weighted by Gasteiger charge is -2.13. The van der Waals surface area contributed by atoms with Crippen molar-refractivity contribution in [3.63, 3.8) is 0 Å². The number of nitrogens with zero attached hydrogens (tertiary/aromatic N) is 1. The van der Waals surface area contributed by atoms with E-state index in [0.29, 0.717) is 12.3 Å². The normalized spacial score (nSPS) is 16.4. The van der Waals surface area contributed by atoms with Crippen LogP contribution in [0.15, 0.2) is 54.6 Å². The van der Waals surface area contributed by atoms with Gasteiger partial charge in [0.05, 0.1) is 13.1 Å². The molecule has 1 aliphatic heterocycles. The van der Waals surface area contributed by atoms with Gasteiger partial charge in [-0.2, -0.15) is 0 Å². The van der Waals surface area contributed by atoms with Crippen molar-refractivity contribution in [1.82, 2.24) is 5.32 Å². The molecular formula is C19H20N2O4. The molecule has 0 radical (unpaired) electrons. The first-order valence-corrected chi connectivity index (χ1v) is 8.11. The number of ether oxygens (including phenoxy) is 2. The van der Waals surface area contributed by atoms with Gasteiger partial charge in [-0.15, -0.1) is 0 Å². The molecule has 1 atom stereocenters. The van der Waals surface area contributed by atoms with E-state index in [1.165, 1.54) is 0 Å². The molecule has 130 valence electrons. The van der Waals surface area contributed by atoms with Crippen LogP contribution in [0, 0.1) is 6.92 Å². The Hall–Kier alpha value is -3.02. The van der Waals surface area contributed by atoms with E-state index in [1.54, 1.807) is 17.0 Å². The van der Waals surface area contributed by atoms with Gasteiger partial charge in [-0.3, -0.25) is 9.69 Å². The summed E-state index contributed by atoms with van der Waals surface area (Å²) in [5.74, 6) is 0.379. The summed E-state index contributed by atoms with van der Waals surface area (Å²) in [5.41, 5.74) is 1.91. The number of anilines is 1. The highest BCUT2D eigenvalue weighted by Gasteiger charge is 2.32. The Morgan fingerprint density at radius 1 is 1.20 bits per heavy atom. The van der Waals surface area contributed by atoms with E-state index in [0.717, 1.165) is 11.3 Å². The maximum Gasteiger partial charge on any atom is 0.414 e. The minimum Gasteiger partial charge on any atom is -0.484 e. The van der Waals surface area contributed by atoms with Crippen molar-refractivity contribution in [3.8, 4) is 5.75 Å². The van der Waals surface area contributed by atoms with E-state index in [-0.39, 0.29) is 25.2 Å². The molecule has 1 unspecified atom stereocenters. The number of carbonyl (C=O) groups excluding carboxylic acids is 2. The van der Waals surface area contributed by atoms with Crippen LogP contribution in [-0.4, -0.2) is 37.8 Å². The van der Waals surface area contributed by atoms with Gasteiger partial charge in [0.25, 0.3) is 5.91 Å². The molecule has 0 saturated carbocycles. The smallest absolute Gasteiger partial charge is 0.414 e. The summed E-state index contributed by atoms with van der Waals surface area (Å²) in [4.78, 5) is 25.4. The number of hydrogen-bond acceptors (Lipinski definition) is 4. The molecule has 1 saturated heterocycles. The van der Waals surface area contributed by atoms with Crippen molar-refractivity contribution in [2.45, 2.75) is 13.0 Å². The highest BCUT2D eigenvalue weighted by molar-refractivity contribution is 5.89. The van der Waals surface area contributed by atoms with Gasteiger partial charge in [0.15, 0.2) is 6.61 Å². The number of benzene rings is 2. The second-order valence-electron chi connectivity index (χ2n) is 5.86. The zero-order valence-corrected chi connectivity index (χ0v) is 14.0. The summed E-state index contributed by atoms with van der Waals surface area (Å²) in [7, 11) is 0. The van der Waals surface area contributed by atoms with Gasteiger partial charge in [-0.25, -0.2) is 4.79 Å². The van der Waals surface area contributed by atoms with Crippen LogP contribution in [0.4, 0.5) is 10.5 Å².